The minimum atomic E-state index is -0.579. The summed E-state index contributed by atoms with van der Waals surface area (Å²) < 4.78 is 0. The Morgan fingerprint density at radius 2 is 1.61 bits per heavy atom. The van der Waals surface area contributed by atoms with Gasteiger partial charge in [0, 0.05) is 13.1 Å². The number of likely N-dealkylation sites (N-methyl/N-ethyl adjacent to an activating group) is 1. The van der Waals surface area contributed by atoms with Crippen LogP contribution < -0.4 is 10.6 Å². The smallest absolute Gasteiger partial charge is 0.309 e. The van der Waals surface area contributed by atoms with E-state index in [2.05, 4.69) is 30.6 Å². The largest absolute Gasteiger partial charge is 0.348 e. The van der Waals surface area contributed by atoms with Gasteiger partial charge in [0.05, 0.1) is 0 Å². The lowest BCUT2D eigenvalue weighted by atomic mass is 10.1. The molecule has 0 aromatic carbocycles. The lowest BCUT2D eigenvalue weighted by molar-refractivity contribution is -0.139. The highest BCUT2D eigenvalue weighted by atomic mass is 16.2. The minimum absolute atomic E-state index is 0.399. The number of amides is 2. The van der Waals surface area contributed by atoms with Crippen molar-refractivity contribution < 1.29 is 9.59 Å². The van der Waals surface area contributed by atoms with Crippen LogP contribution >= 0.6 is 0 Å². The molecule has 0 spiro atoms. The second kappa shape index (κ2) is 9.45. The third kappa shape index (κ3) is 8.56. The Balaban J connectivity index is 3.90. The molecule has 0 fully saturated rings. The van der Waals surface area contributed by atoms with Crippen molar-refractivity contribution >= 4 is 11.8 Å². The van der Waals surface area contributed by atoms with Crippen LogP contribution in [0.2, 0.25) is 0 Å². The third-order valence-electron chi connectivity index (χ3n) is 2.35. The monoisotopic (exact) mass is 252 g/mol. The number of carbonyl (C=O) groups excluding carboxylic acids is 2. The summed E-state index contributed by atoms with van der Waals surface area (Å²) in [5.74, 6) is -1.15. The number of carbonyl (C=O) groups is 2. The van der Waals surface area contributed by atoms with Crippen LogP contribution in [0.3, 0.4) is 0 Å². The standard InChI is InChI=1S/C14H24N2O2/c1-5-15-13(17)14(18)16-10-9-12(4)8-6-7-11(2)3/h7,9H,5-6,8,10H2,1-4H3,(H,15,17)(H,16,18)/b12-9+. The minimum Gasteiger partial charge on any atom is -0.348 e. The van der Waals surface area contributed by atoms with Crippen molar-refractivity contribution in [3.8, 4) is 0 Å². The van der Waals surface area contributed by atoms with Crippen molar-refractivity contribution in [2.75, 3.05) is 13.1 Å². The molecule has 0 rings (SSSR count). The molecule has 0 radical (unpaired) electrons. The lowest BCUT2D eigenvalue weighted by Crippen LogP contribution is -2.39. The second-order valence-corrected chi connectivity index (χ2v) is 4.44. The van der Waals surface area contributed by atoms with Gasteiger partial charge in [-0.2, -0.15) is 0 Å². The average molecular weight is 252 g/mol. The van der Waals surface area contributed by atoms with E-state index in [1.54, 1.807) is 6.92 Å². The summed E-state index contributed by atoms with van der Waals surface area (Å²) in [4.78, 5) is 22.4. The van der Waals surface area contributed by atoms with E-state index in [1.807, 2.05) is 13.0 Å². The highest BCUT2D eigenvalue weighted by Gasteiger charge is 2.09. The Kier molecular flexibility index (Phi) is 8.62. The molecule has 0 unspecified atom stereocenters. The molecule has 2 N–H and O–H groups in total. The zero-order chi connectivity index (χ0) is 14.0. The molecule has 18 heavy (non-hydrogen) atoms. The molecule has 0 aliphatic rings. The fraction of sp³-hybridized carbons (Fsp3) is 0.571. The molecule has 0 heterocycles. The molecular weight excluding hydrogens is 228 g/mol. The summed E-state index contributed by atoms with van der Waals surface area (Å²) in [6.45, 7) is 8.81. The van der Waals surface area contributed by atoms with E-state index in [1.165, 1.54) is 11.1 Å². The third-order valence-corrected chi connectivity index (χ3v) is 2.35. The second-order valence-electron chi connectivity index (χ2n) is 4.44. The summed E-state index contributed by atoms with van der Waals surface area (Å²) in [6, 6.07) is 0. The van der Waals surface area contributed by atoms with Crippen LogP contribution in [0.1, 0.15) is 40.5 Å². The molecule has 0 aliphatic heterocycles. The Morgan fingerprint density at radius 3 is 2.17 bits per heavy atom. The highest BCUT2D eigenvalue weighted by molar-refractivity contribution is 6.35. The number of allylic oxidation sites excluding steroid dienone is 3. The molecule has 2 amide bonds. The van der Waals surface area contributed by atoms with Crippen molar-refractivity contribution in [1.29, 1.82) is 0 Å². The molecule has 0 aliphatic carbocycles. The van der Waals surface area contributed by atoms with Crippen molar-refractivity contribution in [3.05, 3.63) is 23.3 Å². The van der Waals surface area contributed by atoms with Gasteiger partial charge in [-0.05, 0) is 40.5 Å². The van der Waals surface area contributed by atoms with Gasteiger partial charge in [0.15, 0.2) is 0 Å². The summed E-state index contributed by atoms with van der Waals surface area (Å²) in [5, 5.41) is 5.01. The Morgan fingerprint density at radius 1 is 1.00 bits per heavy atom. The SMILES string of the molecule is CCNC(=O)C(=O)NC/C=C(\C)CCC=C(C)C. The molecule has 0 aromatic heterocycles. The van der Waals surface area contributed by atoms with E-state index in [0.29, 0.717) is 13.1 Å². The Labute approximate surface area is 110 Å². The highest BCUT2D eigenvalue weighted by Crippen LogP contribution is 2.05. The van der Waals surface area contributed by atoms with E-state index in [4.69, 9.17) is 0 Å². The maximum absolute atomic E-state index is 11.3. The van der Waals surface area contributed by atoms with Crippen LogP contribution in [0.5, 0.6) is 0 Å². The molecule has 0 atom stereocenters. The fourth-order valence-corrected chi connectivity index (χ4v) is 1.33. The first-order valence-corrected chi connectivity index (χ1v) is 6.32. The molecule has 0 saturated heterocycles. The van der Waals surface area contributed by atoms with E-state index in [-0.39, 0.29) is 0 Å². The summed E-state index contributed by atoms with van der Waals surface area (Å²) >= 11 is 0. The number of nitrogens with one attached hydrogen (secondary N) is 2. The summed E-state index contributed by atoms with van der Waals surface area (Å²) in [7, 11) is 0. The number of hydrogen-bond donors (Lipinski definition) is 2. The number of hydrogen-bond acceptors (Lipinski definition) is 2. The van der Waals surface area contributed by atoms with Gasteiger partial charge in [-0.25, -0.2) is 0 Å². The quantitative estimate of drug-likeness (QED) is 0.560. The fourth-order valence-electron chi connectivity index (χ4n) is 1.33. The van der Waals surface area contributed by atoms with Crippen LogP contribution in [0.4, 0.5) is 0 Å². The van der Waals surface area contributed by atoms with E-state index < -0.39 is 11.8 Å². The van der Waals surface area contributed by atoms with Crippen LogP contribution in [0.15, 0.2) is 23.3 Å². The Hall–Kier alpha value is -1.58. The maximum Gasteiger partial charge on any atom is 0.309 e. The zero-order valence-corrected chi connectivity index (χ0v) is 11.8. The molecule has 4 nitrogen and oxygen atoms in total. The zero-order valence-electron chi connectivity index (χ0n) is 11.8. The first-order valence-electron chi connectivity index (χ1n) is 6.32. The van der Waals surface area contributed by atoms with Gasteiger partial charge in [0.2, 0.25) is 0 Å². The van der Waals surface area contributed by atoms with E-state index in [9.17, 15) is 9.59 Å². The molecule has 0 saturated carbocycles. The molecule has 102 valence electrons. The van der Waals surface area contributed by atoms with Crippen LogP contribution in [-0.2, 0) is 9.59 Å². The predicted molar refractivity (Wildman–Crippen MR) is 74.1 cm³/mol. The van der Waals surface area contributed by atoms with Crippen molar-refractivity contribution in [1.82, 2.24) is 10.6 Å². The van der Waals surface area contributed by atoms with Gasteiger partial charge in [-0.15, -0.1) is 0 Å². The predicted octanol–water partition coefficient (Wildman–Crippen LogP) is 1.93. The van der Waals surface area contributed by atoms with Gasteiger partial charge in [-0.1, -0.05) is 23.3 Å². The summed E-state index contributed by atoms with van der Waals surface area (Å²) in [5.41, 5.74) is 2.52. The van der Waals surface area contributed by atoms with Gasteiger partial charge in [0.1, 0.15) is 0 Å². The molecule has 0 aromatic rings. The lowest BCUT2D eigenvalue weighted by Gasteiger charge is -2.03. The van der Waals surface area contributed by atoms with Crippen molar-refractivity contribution in [3.63, 3.8) is 0 Å². The summed E-state index contributed by atoms with van der Waals surface area (Å²) in [6.07, 6.45) is 6.11. The van der Waals surface area contributed by atoms with Gasteiger partial charge < -0.3 is 10.6 Å². The van der Waals surface area contributed by atoms with Gasteiger partial charge in [-0.3, -0.25) is 9.59 Å². The molecule has 4 heteroatoms. The number of rotatable bonds is 6. The normalized spacial score (nSPS) is 10.8. The first kappa shape index (κ1) is 16.4. The van der Waals surface area contributed by atoms with Gasteiger partial charge in [0.25, 0.3) is 0 Å². The van der Waals surface area contributed by atoms with Crippen LogP contribution in [0.25, 0.3) is 0 Å². The van der Waals surface area contributed by atoms with Gasteiger partial charge >= 0.3 is 11.8 Å². The van der Waals surface area contributed by atoms with Crippen molar-refractivity contribution in [2.45, 2.75) is 40.5 Å². The van der Waals surface area contributed by atoms with Crippen LogP contribution in [0, 0.1) is 0 Å². The molecule has 0 bridgehead atoms. The van der Waals surface area contributed by atoms with E-state index >= 15 is 0 Å². The Bertz CT molecular complexity index is 340. The van der Waals surface area contributed by atoms with Crippen LogP contribution in [-0.4, -0.2) is 24.9 Å². The topological polar surface area (TPSA) is 58.2 Å². The molecular formula is C14H24N2O2. The average Bonchev–Trinajstić information content (AvgIpc) is 2.28. The van der Waals surface area contributed by atoms with Crippen molar-refractivity contribution in [2.24, 2.45) is 0 Å². The first-order chi connectivity index (χ1) is 8.47. The maximum atomic E-state index is 11.3. The van der Waals surface area contributed by atoms with E-state index in [0.717, 1.165) is 12.8 Å².